The summed E-state index contributed by atoms with van der Waals surface area (Å²) in [6, 6.07) is 10.0. The first-order valence-electron chi connectivity index (χ1n) is 32.0. The average Bonchev–Trinajstić information content (AvgIpc) is 1.61. The molecule has 7 N–H and O–H groups in total. The molecule has 3 heterocycles. The van der Waals surface area contributed by atoms with Crippen LogP contribution in [-0.2, 0) is 32.1 Å². The fourth-order valence-electron chi connectivity index (χ4n) is 10.0. The van der Waals surface area contributed by atoms with Gasteiger partial charge in [0.05, 0.1) is 22.8 Å². The smallest absolute Gasteiger partial charge is 0.170 e. The van der Waals surface area contributed by atoms with Gasteiger partial charge in [-0.1, -0.05) is 200 Å². The van der Waals surface area contributed by atoms with Gasteiger partial charge in [0, 0.05) is 50.0 Å². The summed E-state index contributed by atoms with van der Waals surface area (Å²) in [6.07, 6.45) is 42.3. The molecule has 0 bridgehead atoms. The molecule has 0 amide bonds. The van der Waals surface area contributed by atoms with Gasteiger partial charge in [0.2, 0.25) is 0 Å². The van der Waals surface area contributed by atoms with Crippen LogP contribution in [-0.4, -0.2) is 63.7 Å². The van der Waals surface area contributed by atoms with Gasteiger partial charge >= 0.3 is 0 Å². The molecule has 0 radical (unpaired) electrons. The van der Waals surface area contributed by atoms with E-state index in [0.29, 0.717) is 12.8 Å². The van der Waals surface area contributed by atoms with Crippen molar-refractivity contribution in [2.24, 2.45) is 0 Å². The third-order valence-corrected chi connectivity index (χ3v) is 15.2. The first kappa shape index (κ1) is 79.3. The number of aryl methyl sites for hydroxylation is 3. The van der Waals surface area contributed by atoms with Gasteiger partial charge in [-0.05, 0) is 103 Å². The van der Waals surface area contributed by atoms with Gasteiger partial charge in [-0.15, -0.1) is 0 Å². The van der Waals surface area contributed by atoms with Gasteiger partial charge in [-0.3, -0.25) is 0 Å². The summed E-state index contributed by atoms with van der Waals surface area (Å²) >= 11 is 0. The molecule has 0 spiro atoms. The number of hydrogen-bond donors (Lipinski definition) is 1. The molecule has 0 saturated carbocycles. The van der Waals surface area contributed by atoms with Gasteiger partial charge in [0.25, 0.3) is 0 Å². The maximum atomic E-state index is 14.7. The van der Waals surface area contributed by atoms with Crippen LogP contribution in [0.2, 0.25) is 0 Å². The number of aromatic nitrogens is 6. The number of halogens is 7. The van der Waals surface area contributed by atoms with E-state index in [1.165, 1.54) is 133 Å². The minimum Gasteiger partial charge on any atom is -0.412 e. The fraction of sp³-hybridized carbons (Fsp3) is 0.571. The molecule has 2 atom stereocenters. The van der Waals surface area contributed by atoms with Crippen LogP contribution in [0.25, 0.3) is 34.2 Å². The van der Waals surface area contributed by atoms with E-state index >= 15 is 0 Å². The Morgan fingerprint density at radius 1 is 0.345 bits per heavy atom. The van der Waals surface area contributed by atoms with Gasteiger partial charge < -0.3 is 21.5 Å². The maximum Gasteiger partial charge on any atom is 0.170 e. The topological polar surface area (TPSA) is 192 Å². The lowest BCUT2D eigenvalue weighted by Gasteiger charge is -2.13. The van der Waals surface area contributed by atoms with E-state index in [9.17, 15) is 35.8 Å². The Morgan fingerprint density at radius 3 is 1.02 bits per heavy atom. The molecule has 6 aromatic rings. The zero-order chi connectivity index (χ0) is 60.7. The number of unbranched alkanes of at least 4 members (excludes halogenated alkanes) is 21. The number of nitrogens with zero attached hydrogens (tertiary/aromatic N) is 6. The molecule has 0 saturated heterocycles. The quantitative estimate of drug-likeness (QED) is 0.0294. The minimum absolute atomic E-state index is 0. The molecule has 486 valence electrons. The van der Waals surface area contributed by atoms with E-state index in [2.05, 4.69) is 64.5 Å². The van der Waals surface area contributed by atoms with Crippen molar-refractivity contribution < 1.29 is 52.3 Å². The second-order valence-electron chi connectivity index (χ2n) is 22.6. The zero-order valence-electron chi connectivity index (χ0n) is 52.8. The largest absolute Gasteiger partial charge is 0.412 e. The molecule has 3 aromatic carbocycles. The molecule has 0 aliphatic rings. The molecule has 0 aliphatic heterocycles. The predicted octanol–water partition coefficient (Wildman–Crippen LogP) is 18.2. The van der Waals surface area contributed by atoms with E-state index in [0.717, 1.165) is 113 Å². The van der Waals surface area contributed by atoms with Crippen molar-refractivity contribution in [1.82, 2.24) is 29.9 Å². The van der Waals surface area contributed by atoms with Gasteiger partial charge in [0.1, 0.15) is 6.17 Å². The third-order valence-electron chi connectivity index (χ3n) is 15.2. The monoisotopic (exact) mass is 1220 g/mol. The first-order chi connectivity index (χ1) is 40.8. The Balaban J connectivity index is 0.000000651. The van der Waals surface area contributed by atoms with Crippen LogP contribution in [0, 0.1) is 34.9 Å². The van der Waals surface area contributed by atoms with E-state index in [-0.39, 0.29) is 74.6 Å². The van der Waals surface area contributed by atoms with Crippen molar-refractivity contribution in [2.45, 2.75) is 259 Å². The molecule has 87 heavy (non-hydrogen) atoms. The Kier molecular flexibility index (Phi) is 43.1. The summed E-state index contributed by atoms with van der Waals surface area (Å²) in [5.74, 6) is -5.05. The summed E-state index contributed by atoms with van der Waals surface area (Å²) in [7, 11) is 0. The Bertz CT molecular complexity index is 2580. The van der Waals surface area contributed by atoms with Crippen LogP contribution in [0.15, 0.2) is 79.6 Å². The zero-order valence-corrected chi connectivity index (χ0v) is 52.8. The molecule has 17 heteroatoms. The summed E-state index contributed by atoms with van der Waals surface area (Å²) in [6.45, 7) is 10.8. The molecule has 0 fully saturated rings. The minimum atomic E-state index is -1.16. The van der Waals surface area contributed by atoms with Gasteiger partial charge in [-0.25, -0.2) is 60.6 Å². The number of aliphatic hydroxyl groups excluding tert-OH is 1. The fourth-order valence-corrected chi connectivity index (χ4v) is 10.0. The highest BCUT2D eigenvalue weighted by molar-refractivity contribution is 5.58. The number of aliphatic hydroxyl groups is 1. The van der Waals surface area contributed by atoms with Crippen molar-refractivity contribution in [3.05, 3.63) is 142 Å². The number of hydrogen-bond acceptors (Lipinski definition) is 7. The molecule has 3 aromatic heterocycles. The molecule has 10 nitrogen and oxygen atoms in total. The van der Waals surface area contributed by atoms with Crippen LogP contribution >= 0.6 is 0 Å². The van der Waals surface area contributed by atoms with E-state index in [1.807, 2.05) is 0 Å². The van der Waals surface area contributed by atoms with Gasteiger partial charge in [-0.2, -0.15) is 0 Å². The highest BCUT2D eigenvalue weighted by Crippen LogP contribution is 2.28. The average molecular weight is 1230 g/mol. The summed E-state index contributed by atoms with van der Waals surface area (Å²) < 4.78 is 99.5. The Hall–Kier alpha value is -5.75. The lowest BCUT2D eigenvalue weighted by atomic mass is 10.00. The summed E-state index contributed by atoms with van der Waals surface area (Å²) in [4.78, 5) is 25.3. The summed E-state index contributed by atoms with van der Waals surface area (Å²) in [5, 5.41) is 10.2. The van der Waals surface area contributed by atoms with Crippen molar-refractivity contribution in [1.29, 1.82) is 0 Å². The van der Waals surface area contributed by atoms with Crippen molar-refractivity contribution in [3.8, 4) is 34.2 Å². The standard InChI is InChI=1S/C26H37F3N2.C26H38F2N2O.C18H22F2N2.3H2O/c1-3-5-7-9-10-11-13-20-18-30-26(31-19-20)23-16-15-21(24(28)25(23)29)17-22(27)14-12-8-6-4-2;1-3-5-7-9-10-11-13-20-18-29-26(30-19-20)23-16-15-21(24(27)25(23)28)17-22(31)14-12-8-6-4-2;1-2-3-4-5-6-7-9-14-12-21-18(22-13-14)15-10-8-11-16(19)17(15)20;;;/h15-16,18-19,22H,3-14,17H2,1-2H3;15-16,18-19,22,31H,3-14,17H2,1-2H3;8,10-13H,2-7,9H2,1H3;3*1H2. The first-order valence-corrected chi connectivity index (χ1v) is 32.0. The van der Waals surface area contributed by atoms with E-state index in [4.69, 9.17) is 0 Å². The number of alkyl halides is 1. The van der Waals surface area contributed by atoms with Crippen molar-refractivity contribution in [2.75, 3.05) is 0 Å². The maximum absolute atomic E-state index is 14.7. The molecular weight excluding hydrogens is 1120 g/mol. The second-order valence-corrected chi connectivity index (χ2v) is 22.6. The van der Waals surface area contributed by atoms with Crippen molar-refractivity contribution in [3.63, 3.8) is 0 Å². The van der Waals surface area contributed by atoms with E-state index in [1.54, 1.807) is 37.2 Å². The SMILES string of the molecule is CCCCCCCCc1cnc(-c2ccc(CC(F)CCCCCC)c(F)c2F)nc1.CCCCCCCCc1cnc(-c2ccc(CC(O)CCCCCC)c(F)c2F)nc1.CCCCCCCCc1cnc(-c2cccc(F)c2F)nc1.O.O.O. The molecule has 0 aliphatic carbocycles. The Labute approximate surface area is 515 Å². The van der Waals surface area contributed by atoms with Crippen molar-refractivity contribution >= 4 is 0 Å². The number of rotatable bonds is 38. The summed E-state index contributed by atoms with van der Waals surface area (Å²) in [5.41, 5.74) is 3.51. The molecular formula is C70H103F7N6O4. The van der Waals surface area contributed by atoms with Gasteiger partial charge in [0.15, 0.2) is 52.4 Å². The van der Waals surface area contributed by atoms with Crippen LogP contribution < -0.4 is 0 Å². The highest BCUT2D eigenvalue weighted by atomic mass is 19.2. The Morgan fingerprint density at radius 2 is 0.655 bits per heavy atom. The lowest BCUT2D eigenvalue weighted by molar-refractivity contribution is 0.159. The van der Waals surface area contributed by atoms with E-state index < -0.39 is 47.2 Å². The normalized spacial score (nSPS) is 11.5. The molecule has 2 unspecified atom stereocenters. The van der Waals surface area contributed by atoms with Crippen LogP contribution in [0.3, 0.4) is 0 Å². The van der Waals surface area contributed by atoms with Crippen LogP contribution in [0.5, 0.6) is 0 Å². The van der Waals surface area contributed by atoms with Crippen LogP contribution in [0.1, 0.15) is 242 Å². The second kappa shape index (κ2) is 47.3. The lowest BCUT2D eigenvalue weighted by Crippen LogP contribution is -2.12. The number of benzene rings is 3. The highest BCUT2D eigenvalue weighted by Gasteiger charge is 2.21. The predicted molar refractivity (Wildman–Crippen MR) is 340 cm³/mol. The van der Waals surface area contributed by atoms with Crippen LogP contribution in [0.4, 0.5) is 30.7 Å². The molecule has 6 rings (SSSR count). The third kappa shape index (κ3) is 29.9.